The van der Waals surface area contributed by atoms with Crippen molar-refractivity contribution in [2.75, 3.05) is 5.32 Å². The summed E-state index contributed by atoms with van der Waals surface area (Å²) in [5.41, 5.74) is 0.853. The fourth-order valence-electron chi connectivity index (χ4n) is 2.24. The average Bonchev–Trinajstić information content (AvgIpc) is 2.94. The van der Waals surface area contributed by atoms with Gasteiger partial charge in [-0.1, -0.05) is 13.8 Å². The zero-order valence-corrected chi connectivity index (χ0v) is 14.9. The number of aromatic nitrogens is 5. The monoisotopic (exact) mass is 341 g/mol. The lowest BCUT2D eigenvalue weighted by Crippen LogP contribution is -2.18. The van der Waals surface area contributed by atoms with Crippen molar-refractivity contribution in [3.63, 3.8) is 0 Å². The van der Waals surface area contributed by atoms with Crippen LogP contribution in [-0.2, 0) is 24.7 Å². The minimum Gasteiger partial charge on any atom is -0.309 e. The van der Waals surface area contributed by atoms with Gasteiger partial charge in [0.25, 0.3) is 0 Å². The predicted molar refractivity (Wildman–Crippen MR) is 92.6 cm³/mol. The summed E-state index contributed by atoms with van der Waals surface area (Å²) in [4.78, 5) is 16.5. The van der Waals surface area contributed by atoms with E-state index in [1.165, 1.54) is 0 Å². The molecule has 2 aromatic rings. The topological polar surface area (TPSA) is 109 Å². The first-order valence-corrected chi connectivity index (χ1v) is 8.38. The molecule has 1 amide bonds. The van der Waals surface area contributed by atoms with Gasteiger partial charge in [-0.2, -0.15) is 15.5 Å². The molecule has 0 unspecified atom stereocenters. The molecule has 2 heterocycles. The number of amides is 1. The Bertz CT molecular complexity index is 743. The van der Waals surface area contributed by atoms with Gasteiger partial charge in [-0.05, 0) is 31.4 Å². The van der Waals surface area contributed by atoms with Gasteiger partial charge in [0.05, 0.1) is 18.2 Å². The summed E-state index contributed by atoms with van der Waals surface area (Å²) in [5.74, 6) is 1.77. The third kappa shape index (κ3) is 5.64. The first-order chi connectivity index (χ1) is 12.0. The molecule has 0 saturated heterocycles. The summed E-state index contributed by atoms with van der Waals surface area (Å²) in [5, 5.41) is 23.7. The van der Waals surface area contributed by atoms with Gasteiger partial charge in [0.2, 0.25) is 5.91 Å². The number of nitriles is 1. The van der Waals surface area contributed by atoms with E-state index in [0.29, 0.717) is 18.1 Å². The van der Waals surface area contributed by atoms with E-state index in [4.69, 9.17) is 5.26 Å². The molecule has 2 aromatic heterocycles. The third-order valence-electron chi connectivity index (χ3n) is 3.66. The summed E-state index contributed by atoms with van der Waals surface area (Å²) < 4.78 is 1.63. The molecule has 0 fully saturated rings. The number of nitrogens with one attached hydrogen (secondary N) is 1. The Morgan fingerprint density at radius 3 is 2.72 bits per heavy atom. The third-order valence-corrected chi connectivity index (χ3v) is 3.66. The van der Waals surface area contributed by atoms with Crippen LogP contribution < -0.4 is 5.32 Å². The molecule has 132 valence electrons. The van der Waals surface area contributed by atoms with Crippen molar-refractivity contribution < 1.29 is 4.79 Å². The van der Waals surface area contributed by atoms with E-state index in [-0.39, 0.29) is 18.2 Å². The van der Waals surface area contributed by atoms with Gasteiger partial charge < -0.3 is 5.32 Å². The van der Waals surface area contributed by atoms with Gasteiger partial charge >= 0.3 is 0 Å². The van der Waals surface area contributed by atoms with Crippen molar-refractivity contribution in [3.05, 3.63) is 29.5 Å². The van der Waals surface area contributed by atoms with E-state index in [1.54, 1.807) is 17.8 Å². The van der Waals surface area contributed by atoms with Crippen molar-refractivity contribution >= 4 is 11.7 Å². The number of carbonyl (C=O) groups is 1. The zero-order valence-electron chi connectivity index (χ0n) is 14.9. The highest BCUT2D eigenvalue weighted by molar-refractivity contribution is 5.90. The molecule has 0 spiro atoms. The Hall–Kier alpha value is -2.82. The van der Waals surface area contributed by atoms with Gasteiger partial charge in [-0.3, -0.25) is 9.48 Å². The van der Waals surface area contributed by atoms with E-state index in [9.17, 15) is 4.79 Å². The predicted octanol–water partition coefficient (Wildman–Crippen LogP) is 2.15. The van der Waals surface area contributed by atoms with Gasteiger partial charge in [-0.15, -0.1) is 5.10 Å². The number of aryl methyl sites for hydroxylation is 2. The van der Waals surface area contributed by atoms with Crippen LogP contribution in [0.15, 0.2) is 12.1 Å². The van der Waals surface area contributed by atoms with E-state index < -0.39 is 0 Å². The molecule has 1 N–H and O–H groups in total. The molecule has 25 heavy (non-hydrogen) atoms. The van der Waals surface area contributed by atoms with Gasteiger partial charge in [0, 0.05) is 19.4 Å². The van der Waals surface area contributed by atoms with Gasteiger partial charge in [0.1, 0.15) is 5.82 Å². The fraction of sp³-hybridized carbons (Fsp3) is 0.529. The summed E-state index contributed by atoms with van der Waals surface area (Å²) in [7, 11) is 1.78. The average molecular weight is 341 g/mol. The van der Waals surface area contributed by atoms with Crippen LogP contribution in [0.1, 0.15) is 56.4 Å². The molecule has 8 heteroatoms. The van der Waals surface area contributed by atoms with E-state index in [1.807, 2.05) is 19.9 Å². The Balaban J connectivity index is 1.87. The first-order valence-electron chi connectivity index (χ1n) is 8.38. The molecular formula is C17H23N7O. The maximum absolute atomic E-state index is 12.2. The molecule has 0 radical (unpaired) electrons. The van der Waals surface area contributed by atoms with Crippen LogP contribution in [-0.4, -0.2) is 30.9 Å². The summed E-state index contributed by atoms with van der Waals surface area (Å²) in [6, 6.07) is 5.70. The summed E-state index contributed by atoms with van der Waals surface area (Å²) in [6.07, 6.45) is 3.22. The first kappa shape index (κ1) is 18.5. The Kier molecular flexibility index (Phi) is 6.57. The van der Waals surface area contributed by atoms with E-state index >= 15 is 0 Å². The van der Waals surface area contributed by atoms with Crippen LogP contribution in [0.4, 0.5) is 5.82 Å². The normalized spacial score (nSPS) is 10.7. The molecular weight excluding hydrogens is 318 g/mol. The molecule has 0 aliphatic carbocycles. The lowest BCUT2D eigenvalue weighted by atomic mass is 10.1. The van der Waals surface area contributed by atoms with Gasteiger partial charge in [0.15, 0.2) is 11.6 Å². The lowest BCUT2D eigenvalue weighted by molar-refractivity contribution is -0.115. The molecule has 8 nitrogen and oxygen atoms in total. The number of hydrogen-bond acceptors (Lipinski definition) is 6. The SMILES string of the molecule is CC(C)c1nc(CC(=O)Nc2ccc(CCCCC#N)nn2)n(C)n1. The van der Waals surface area contributed by atoms with Crippen molar-refractivity contribution in [3.8, 4) is 6.07 Å². The molecule has 0 saturated carbocycles. The van der Waals surface area contributed by atoms with Crippen LogP contribution in [0.2, 0.25) is 0 Å². The Morgan fingerprint density at radius 2 is 2.12 bits per heavy atom. The second-order valence-corrected chi connectivity index (χ2v) is 6.16. The zero-order chi connectivity index (χ0) is 18.2. The minimum atomic E-state index is -0.207. The smallest absolute Gasteiger partial charge is 0.233 e. The van der Waals surface area contributed by atoms with E-state index in [0.717, 1.165) is 30.8 Å². The maximum atomic E-state index is 12.2. The minimum absolute atomic E-state index is 0.133. The Morgan fingerprint density at radius 1 is 1.32 bits per heavy atom. The lowest BCUT2D eigenvalue weighted by Gasteiger charge is -2.04. The standard InChI is InChI=1S/C17H23N7O/c1-12(2)17-20-15(24(3)23-17)11-16(25)19-14-9-8-13(21-22-14)7-5-4-6-10-18/h8-9,12H,4-7,11H2,1-3H3,(H,19,22,25). The molecule has 0 atom stereocenters. The second kappa shape index (κ2) is 8.87. The highest BCUT2D eigenvalue weighted by atomic mass is 16.1. The quantitative estimate of drug-likeness (QED) is 0.737. The summed E-state index contributed by atoms with van der Waals surface area (Å²) >= 11 is 0. The molecule has 0 aliphatic rings. The number of hydrogen-bond donors (Lipinski definition) is 1. The fourth-order valence-corrected chi connectivity index (χ4v) is 2.24. The van der Waals surface area contributed by atoms with Crippen LogP contribution in [0.5, 0.6) is 0 Å². The van der Waals surface area contributed by atoms with Crippen LogP contribution >= 0.6 is 0 Å². The van der Waals surface area contributed by atoms with Crippen molar-refractivity contribution in [1.82, 2.24) is 25.0 Å². The van der Waals surface area contributed by atoms with Gasteiger partial charge in [-0.25, -0.2) is 4.98 Å². The maximum Gasteiger partial charge on any atom is 0.233 e. The number of nitrogens with zero attached hydrogens (tertiary/aromatic N) is 6. The Labute approximate surface area is 147 Å². The van der Waals surface area contributed by atoms with Crippen LogP contribution in [0.3, 0.4) is 0 Å². The van der Waals surface area contributed by atoms with Crippen molar-refractivity contribution in [2.24, 2.45) is 7.05 Å². The molecule has 0 bridgehead atoms. The highest BCUT2D eigenvalue weighted by Gasteiger charge is 2.14. The number of rotatable bonds is 8. The number of anilines is 1. The molecule has 0 aliphatic heterocycles. The highest BCUT2D eigenvalue weighted by Crippen LogP contribution is 2.11. The molecule has 0 aromatic carbocycles. The number of carbonyl (C=O) groups excluding carboxylic acids is 1. The van der Waals surface area contributed by atoms with Crippen LogP contribution in [0.25, 0.3) is 0 Å². The van der Waals surface area contributed by atoms with Crippen LogP contribution in [0, 0.1) is 11.3 Å². The largest absolute Gasteiger partial charge is 0.309 e. The number of unbranched alkanes of at least 4 members (excludes halogenated alkanes) is 2. The molecule has 2 rings (SSSR count). The van der Waals surface area contributed by atoms with Crippen molar-refractivity contribution in [1.29, 1.82) is 5.26 Å². The van der Waals surface area contributed by atoms with Crippen molar-refractivity contribution in [2.45, 2.75) is 51.9 Å². The van der Waals surface area contributed by atoms with E-state index in [2.05, 4.69) is 31.7 Å². The summed E-state index contributed by atoms with van der Waals surface area (Å²) in [6.45, 7) is 4.02. The second-order valence-electron chi connectivity index (χ2n) is 6.16.